The Morgan fingerprint density at radius 3 is 2.60 bits per heavy atom. The highest BCUT2D eigenvalue weighted by atomic mass is 79.9. The number of carbonyl (C=O) groups is 2. The van der Waals surface area contributed by atoms with Gasteiger partial charge in [0.25, 0.3) is 5.91 Å². The number of rotatable bonds is 7. The summed E-state index contributed by atoms with van der Waals surface area (Å²) in [5.74, 6) is -0.945. The molecule has 0 bridgehead atoms. The first-order chi connectivity index (χ1) is 14.3. The minimum atomic E-state index is -0.963. The topological polar surface area (TPSA) is 70.1 Å². The molecular formula is C22H24BrFN2O4. The molecule has 0 aromatic heterocycles. The highest BCUT2D eigenvalue weighted by Crippen LogP contribution is 2.24. The number of carboxylic acid groups (broad SMARTS) is 1. The minimum Gasteiger partial charge on any atom is -0.483 e. The number of nitrogens with zero attached hydrogens (tertiary/aromatic N) is 2. The third kappa shape index (κ3) is 6.03. The van der Waals surface area contributed by atoms with Gasteiger partial charge in [-0.25, -0.2) is 4.39 Å². The van der Waals surface area contributed by atoms with Gasteiger partial charge < -0.3 is 14.7 Å². The van der Waals surface area contributed by atoms with Gasteiger partial charge in [-0.3, -0.25) is 14.5 Å². The predicted molar refractivity (Wildman–Crippen MR) is 114 cm³/mol. The second-order valence-electron chi connectivity index (χ2n) is 7.41. The smallest absolute Gasteiger partial charge is 0.307 e. The van der Waals surface area contributed by atoms with E-state index in [1.54, 1.807) is 35.2 Å². The Bertz CT molecular complexity index is 907. The lowest BCUT2D eigenvalue weighted by atomic mass is 10.1. The highest BCUT2D eigenvalue weighted by molar-refractivity contribution is 9.10. The van der Waals surface area contributed by atoms with Gasteiger partial charge in [0.2, 0.25) is 0 Å². The fourth-order valence-electron chi connectivity index (χ4n) is 3.61. The van der Waals surface area contributed by atoms with Crippen molar-refractivity contribution in [3.63, 3.8) is 0 Å². The van der Waals surface area contributed by atoms with E-state index in [-0.39, 0.29) is 30.8 Å². The molecule has 8 heteroatoms. The zero-order valence-electron chi connectivity index (χ0n) is 16.7. The van der Waals surface area contributed by atoms with Crippen LogP contribution < -0.4 is 4.74 Å². The maximum Gasteiger partial charge on any atom is 0.307 e. The zero-order chi connectivity index (χ0) is 21.7. The van der Waals surface area contributed by atoms with Crippen molar-refractivity contribution in [2.75, 3.05) is 26.2 Å². The van der Waals surface area contributed by atoms with E-state index in [1.165, 1.54) is 12.1 Å². The van der Waals surface area contributed by atoms with Crippen molar-refractivity contribution in [2.24, 2.45) is 0 Å². The first-order valence-corrected chi connectivity index (χ1v) is 10.5. The van der Waals surface area contributed by atoms with E-state index in [9.17, 15) is 14.0 Å². The Hall–Kier alpha value is -2.45. The Morgan fingerprint density at radius 2 is 1.93 bits per heavy atom. The summed E-state index contributed by atoms with van der Waals surface area (Å²) in [6.45, 7) is 4.57. The quantitative estimate of drug-likeness (QED) is 0.660. The van der Waals surface area contributed by atoms with E-state index in [0.29, 0.717) is 30.9 Å². The maximum atomic E-state index is 13.1. The summed E-state index contributed by atoms with van der Waals surface area (Å²) in [4.78, 5) is 27.8. The Balaban J connectivity index is 1.54. The lowest BCUT2D eigenvalue weighted by molar-refractivity contribution is -0.138. The first-order valence-electron chi connectivity index (χ1n) is 9.71. The van der Waals surface area contributed by atoms with Gasteiger partial charge in [-0.2, -0.15) is 0 Å². The van der Waals surface area contributed by atoms with E-state index in [1.807, 2.05) is 6.92 Å². The number of ether oxygens (including phenoxy) is 1. The van der Waals surface area contributed by atoms with Gasteiger partial charge in [0, 0.05) is 42.3 Å². The molecule has 2 aromatic carbocycles. The number of carbonyl (C=O) groups excluding carboxylic acids is 1. The van der Waals surface area contributed by atoms with E-state index >= 15 is 0 Å². The second kappa shape index (κ2) is 10.0. The van der Waals surface area contributed by atoms with Gasteiger partial charge in [0.05, 0.1) is 6.42 Å². The SMILES string of the molecule is CC1CN(Cc2ccc(F)cc2)CCN1C(=O)COc1ccc(Br)cc1CC(=O)O. The van der Waals surface area contributed by atoms with Crippen molar-refractivity contribution in [2.45, 2.75) is 25.9 Å². The lowest BCUT2D eigenvalue weighted by Gasteiger charge is -2.39. The van der Waals surface area contributed by atoms with E-state index in [2.05, 4.69) is 20.8 Å². The molecule has 1 heterocycles. The molecule has 3 rings (SSSR count). The molecule has 1 aliphatic rings. The van der Waals surface area contributed by atoms with Crippen molar-refractivity contribution in [1.82, 2.24) is 9.80 Å². The second-order valence-corrected chi connectivity index (χ2v) is 8.32. The fourth-order valence-corrected chi connectivity index (χ4v) is 4.02. The summed E-state index contributed by atoms with van der Waals surface area (Å²) >= 11 is 3.32. The van der Waals surface area contributed by atoms with Crippen molar-refractivity contribution < 1.29 is 23.8 Å². The van der Waals surface area contributed by atoms with Crippen molar-refractivity contribution in [3.8, 4) is 5.75 Å². The van der Waals surface area contributed by atoms with Crippen LogP contribution in [-0.2, 0) is 22.6 Å². The van der Waals surface area contributed by atoms with Gasteiger partial charge in [-0.05, 0) is 42.8 Å². The zero-order valence-corrected chi connectivity index (χ0v) is 18.3. The van der Waals surface area contributed by atoms with Crippen LogP contribution in [0, 0.1) is 5.82 Å². The molecule has 1 N–H and O–H groups in total. The Morgan fingerprint density at radius 1 is 1.20 bits per heavy atom. The van der Waals surface area contributed by atoms with Crippen LogP contribution in [0.25, 0.3) is 0 Å². The molecule has 0 aliphatic carbocycles. The largest absolute Gasteiger partial charge is 0.483 e. The third-order valence-electron chi connectivity index (χ3n) is 5.07. The number of amides is 1. The molecule has 30 heavy (non-hydrogen) atoms. The van der Waals surface area contributed by atoms with Crippen LogP contribution in [0.4, 0.5) is 4.39 Å². The van der Waals surface area contributed by atoms with Gasteiger partial charge >= 0.3 is 5.97 Å². The number of hydrogen-bond donors (Lipinski definition) is 1. The van der Waals surface area contributed by atoms with Gasteiger partial charge in [-0.15, -0.1) is 0 Å². The Labute approximate surface area is 183 Å². The summed E-state index contributed by atoms with van der Waals surface area (Å²) in [5, 5.41) is 9.07. The molecule has 1 fully saturated rings. The maximum absolute atomic E-state index is 13.1. The Kier molecular flexibility index (Phi) is 7.44. The monoisotopic (exact) mass is 478 g/mol. The van der Waals surface area contributed by atoms with Crippen LogP contribution in [0.1, 0.15) is 18.1 Å². The van der Waals surface area contributed by atoms with E-state index in [4.69, 9.17) is 9.84 Å². The van der Waals surface area contributed by atoms with Crippen LogP contribution in [-0.4, -0.2) is 59.1 Å². The average molecular weight is 479 g/mol. The number of aliphatic carboxylic acids is 1. The van der Waals surface area contributed by atoms with Gasteiger partial charge in [0.1, 0.15) is 11.6 Å². The highest BCUT2D eigenvalue weighted by Gasteiger charge is 2.27. The number of benzene rings is 2. The van der Waals surface area contributed by atoms with Crippen LogP contribution in [0.5, 0.6) is 5.75 Å². The van der Waals surface area contributed by atoms with Crippen LogP contribution in [0.15, 0.2) is 46.9 Å². The van der Waals surface area contributed by atoms with Crippen LogP contribution in [0.2, 0.25) is 0 Å². The van der Waals surface area contributed by atoms with Gasteiger partial charge in [0.15, 0.2) is 6.61 Å². The summed E-state index contributed by atoms with van der Waals surface area (Å²) in [5.41, 5.74) is 1.55. The molecule has 1 atom stereocenters. The summed E-state index contributed by atoms with van der Waals surface area (Å²) < 4.78 is 19.5. The average Bonchev–Trinajstić information content (AvgIpc) is 2.68. The summed E-state index contributed by atoms with van der Waals surface area (Å²) in [7, 11) is 0. The lowest BCUT2D eigenvalue weighted by Crippen LogP contribution is -2.54. The standard InChI is InChI=1S/C22H24BrFN2O4/c1-15-12-25(13-16-2-5-19(24)6-3-16)8-9-26(15)21(27)14-30-20-7-4-18(23)10-17(20)11-22(28)29/h2-7,10,15H,8-9,11-14H2,1H3,(H,28,29). The molecule has 0 spiro atoms. The third-order valence-corrected chi connectivity index (χ3v) is 5.56. The van der Waals surface area contributed by atoms with Crippen LogP contribution in [0.3, 0.4) is 0 Å². The molecule has 160 valence electrons. The van der Waals surface area contributed by atoms with E-state index in [0.717, 1.165) is 16.6 Å². The number of carboxylic acids is 1. The van der Waals surface area contributed by atoms with Crippen molar-refractivity contribution in [1.29, 1.82) is 0 Å². The fraction of sp³-hybridized carbons (Fsp3) is 0.364. The molecule has 6 nitrogen and oxygen atoms in total. The van der Waals surface area contributed by atoms with E-state index < -0.39 is 5.97 Å². The first kappa shape index (κ1) is 22.2. The predicted octanol–water partition coefficient (Wildman–Crippen LogP) is 3.33. The molecule has 2 aromatic rings. The molecule has 0 radical (unpaired) electrons. The van der Waals surface area contributed by atoms with Crippen molar-refractivity contribution in [3.05, 3.63) is 63.9 Å². The molecule has 1 amide bonds. The van der Waals surface area contributed by atoms with Gasteiger partial charge in [-0.1, -0.05) is 28.1 Å². The molecule has 0 saturated carbocycles. The normalized spacial score (nSPS) is 17.0. The summed E-state index contributed by atoms with van der Waals surface area (Å²) in [6.07, 6.45) is -0.179. The molecule has 1 saturated heterocycles. The number of piperazine rings is 1. The number of hydrogen-bond acceptors (Lipinski definition) is 4. The molecule has 1 aliphatic heterocycles. The van der Waals surface area contributed by atoms with Crippen LogP contribution >= 0.6 is 15.9 Å². The molecular weight excluding hydrogens is 455 g/mol. The summed E-state index contributed by atoms with van der Waals surface area (Å²) in [6, 6.07) is 11.6. The minimum absolute atomic E-state index is 0.0127. The molecule has 1 unspecified atom stereocenters. The van der Waals surface area contributed by atoms with Crippen molar-refractivity contribution >= 4 is 27.8 Å². The number of halogens is 2.